The molecular formula is C63H102N2Pd. The molecule has 2 aromatic rings. The summed E-state index contributed by atoms with van der Waals surface area (Å²) in [7, 11) is 0. The Balaban J connectivity index is 0.0000218. The minimum absolute atomic E-state index is 0. The third-order valence-corrected chi connectivity index (χ3v) is 13.2. The second-order valence-corrected chi connectivity index (χ2v) is 19.5. The summed E-state index contributed by atoms with van der Waals surface area (Å²) < 4.78 is 0. The van der Waals surface area contributed by atoms with Crippen LogP contribution in [-0.4, -0.2) is 11.9 Å². The first-order valence-electron chi connectivity index (χ1n) is 28.5. The van der Waals surface area contributed by atoms with Gasteiger partial charge in [0.25, 0.3) is 0 Å². The molecule has 3 heteroatoms. The van der Waals surface area contributed by atoms with Crippen molar-refractivity contribution in [1.82, 2.24) is 0 Å². The van der Waals surface area contributed by atoms with Crippen molar-refractivity contribution in [2.75, 3.05) is 0 Å². The van der Waals surface area contributed by atoms with Crippen molar-refractivity contribution >= 4 is 23.3 Å². The fourth-order valence-corrected chi connectivity index (χ4v) is 8.83. The van der Waals surface area contributed by atoms with Crippen LogP contribution in [-0.2, 0) is 20.4 Å². The van der Waals surface area contributed by atoms with Gasteiger partial charge < -0.3 is 0 Å². The van der Waals surface area contributed by atoms with Crippen molar-refractivity contribution in [3.63, 3.8) is 0 Å². The minimum Gasteiger partial charge on any atom is -0.255 e. The van der Waals surface area contributed by atoms with E-state index in [1.54, 1.807) is 0 Å². The van der Waals surface area contributed by atoms with Gasteiger partial charge in [0, 0.05) is 50.6 Å². The summed E-state index contributed by atoms with van der Waals surface area (Å²) in [6.07, 6.45) is 59.2. The predicted molar refractivity (Wildman–Crippen MR) is 293 cm³/mol. The van der Waals surface area contributed by atoms with Crippen molar-refractivity contribution in [2.45, 2.75) is 290 Å². The molecule has 0 saturated carbocycles. The monoisotopic (exact) mass is 993 g/mol. The molecule has 0 aliphatic carbocycles. The Morgan fingerprint density at radius 3 is 0.939 bits per heavy atom. The number of hydrogen-bond donors (Lipinski definition) is 0. The molecule has 0 heterocycles. The zero-order chi connectivity index (χ0) is 46.2. The van der Waals surface area contributed by atoms with Crippen molar-refractivity contribution in [2.24, 2.45) is 9.98 Å². The molecule has 0 radical (unpaired) electrons. The Morgan fingerprint density at radius 1 is 0.348 bits per heavy atom. The first-order chi connectivity index (χ1) is 32.2. The second-order valence-electron chi connectivity index (χ2n) is 19.5. The topological polar surface area (TPSA) is 24.7 Å². The summed E-state index contributed by atoms with van der Waals surface area (Å²) in [6.45, 7) is 6.85. The first-order valence-corrected chi connectivity index (χ1v) is 28.5. The summed E-state index contributed by atoms with van der Waals surface area (Å²) in [5.74, 6) is 13.6. The maximum atomic E-state index is 5.00. The smallest absolute Gasteiger partial charge is 0.0634 e. The van der Waals surface area contributed by atoms with Gasteiger partial charge >= 0.3 is 0 Å². The van der Waals surface area contributed by atoms with E-state index >= 15 is 0 Å². The maximum absolute atomic E-state index is 5.00. The molecule has 0 unspecified atom stereocenters. The van der Waals surface area contributed by atoms with Crippen LogP contribution in [0.2, 0.25) is 0 Å². The molecule has 2 nitrogen and oxygen atoms in total. The number of unbranched alkanes of at least 4 members (excludes halogenated alkanes) is 38. The fourth-order valence-electron chi connectivity index (χ4n) is 8.83. The van der Waals surface area contributed by atoms with Crippen LogP contribution in [0.15, 0.2) is 58.5 Å². The Bertz CT molecular complexity index is 1510. The molecular weight excluding hydrogens is 891 g/mol. The van der Waals surface area contributed by atoms with Gasteiger partial charge in [-0.3, -0.25) is 9.98 Å². The van der Waals surface area contributed by atoms with Crippen LogP contribution >= 0.6 is 0 Å². The summed E-state index contributed by atoms with van der Waals surface area (Å²) in [4.78, 5) is 9.82. The van der Waals surface area contributed by atoms with E-state index in [1.165, 1.54) is 244 Å². The van der Waals surface area contributed by atoms with E-state index in [0.717, 1.165) is 53.9 Å². The third-order valence-electron chi connectivity index (χ3n) is 13.2. The molecule has 0 saturated heterocycles. The van der Waals surface area contributed by atoms with Gasteiger partial charge in [0.05, 0.1) is 17.1 Å². The summed E-state index contributed by atoms with van der Waals surface area (Å²) in [5, 5.41) is 0. The molecule has 0 N–H and O–H groups in total. The van der Waals surface area contributed by atoms with Crippen molar-refractivity contribution in [3.05, 3.63) is 59.7 Å². The fraction of sp³-hybridized carbons (Fsp3) is 0.714. The van der Waals surface area contributed by atoms with Gasteiger partial charge in [0.2, 0.25) is 0 Å². The maximum Gasteiger partial charge on any atom is 0.0634 e. The number of benzene rings is 2. The van der Waals surface area contributed by atoms with Crippen LogP contribution in [0.25, 0.3) is 0 Å². The Kier molecular flexibility index (Phi) is 45.7. The molecule has 0 spiro atoms. The Labute approximate surface area is 425 Å². The second kappa shape index (κ2) is 49.0. The SMILES string of the molecule is CCCCCCCCCCCCCCCCCCCCC#Cc1ccc(N=CC(CCCCC)=Nc2ccc(C#CCCCCCCCCCCCCCCCCCCCC)cc2)cc1.[Pd]. The number of nitrogens with zero attached hydrogens (tertiary/aromatic N) is 2. The van der Waals surface area contributed by atoms with Crippen LogP contribution in [0.4, 0.5) is 11.4 Å². The normalized spacial score (nSPS) is 11.3. The average molecular weight is 994 g/mol. The predicted octanol–water partition coefficient (Wildman–Crippen LogP) is 21.3. The standard InChI is InChI=1S/C63H102N2.Pd/c1-4-7-10-12-14-16-18-20-22-24-26-28-30-32-34-36-38-40-42-45-47-59-50-54-61(55-51-59)64-58-63(49-44-9-6-3)65-62-56-52-60(53-57-62)48-46-43-41-39-37-35-33-31-29-27-25-23-21-19-17-15-13-11-8-5-2;/h50-58H,4-44,49H2,1-3H3;. The van der Waals surface area contributed by atoms with Crippen molar-refractivity contribution in [3.8, 4) is 23.7 Å². The molecule has 2 rings (SSSR count). The molecule has 0 aliphatic rings. The van der Waals surface area contributed by atoms with E-state index < -0.39 is 0 Å². The van der Waals surface area contributed by atoms with Crippen LogP contribution in [0.1, 0.15) is 302 Å². The molecule has 374 valence electrons. The summed E-state index contributed by atoms with van der Waals surface area (Å²) in [6, 6.07) is 16.8. The molecule has 0 aromatic heterocycles. The van der Waals surface area contributed by atoms with Crippen LogP contribution in [0.5, 0.6) is 0 Å². The summed E-state index contributed by atoms with van der Waals surface area (Å²) >= 11 is 0. The van der Waals surface area contributed by atoms with Crippen LogP contribution in [0, 0.1) is 23.7 Å². The largest absolute Gasteiger partial charge is 0.255 e. The van der Waals surface area contributed by atoms with Gasteiger partial charge in [-0.1, -0.05) is 276 Å². The van der Waals surface area contributed by atoms with E-state index in [9.17, 15) is 0 Å². The molecule has 0 fully saturated rings. The Morgan fingerprint density at radius 2 is 0.621 bits per heavy atom. The minimum atomic E-state index is 0. The Hall–Kier alpha value is -2.44. The van der Waals surface area contributed by atoms with E-state index in [0.29, 0.717) is 0 Å². The van der Waals surface area contributed by atoms with Gasteiger partial charge in [-0.2, -0.15) is 0 Å². The summed E-state index contributed by atoms with van der Waals surface area (Å²) in [5.41, 5.74) is 5.09. The van der Waals surface area contributed by atoms with Gasteiger partial charge in [-0.15, -0.1) is 0 Å². The number of aliphatic imine (C=N–C) groups is 2. The average Bonchev–Trinajstić information content (AvgIpc) is 3.33. The van der Waals surface area contributed by atoms with Crippen molar-refractivity contribution in [1.29, 1.82) is 0 Å². The number of rotatable bonds is 43. The van der Waals surface area contributed by atoms with Crippen LogP contribution in [0.3, 0.4) is 0 Å². The molecule has 2 aromatic carbocycles. The van der Waals surface area contributed by atoms with E-state index in [2.05, 4.69) is 93.0 Å². The first kappa shape index (κ1) is 61.6. The molecule has 0 atom stereocenters. The van der Waals surface area contributed by atoms with E-state index in [4.69, 9.17) is 9.98 Å². The van der Waals surface area contributed by atoms with E-state index in [-0.39, 0.29) is 20.4 Å². The zero-order valence-electron chi connectivity index (χ0n) is 43.6. The molecule has 0 bridgehead atoms. The van der Waals surface area contributed by atoms with E-state index in [1.807, 2.05) is 6.21 Å². The zero-order valence-corrected chi connectivity index (χ0v) is 45.2. The van der Waals surface area contributed by atoms with Gasteiger partial charge in [-0.05, 0) is 74.2 Å². The van der Waals surface area contributed by atoms with Crippen molar-refractivity contribution < 1.29 is 20.4 Å². The van der Waals surface area contributed by atoms with Gasteiger partial charge in [0.1, 0.15) is 0 Å². The third kappa shape index (κ3) is 39.5. The van der Waals surface area contributed by atoms with Crippen LogP contribution < -0.4 is 0 Å². The number of hydrogen-bond acceptors (Lipinski definition) is 2. The molecule has 0 aliphatic heterocycles. The van der Waals surface area contributed by atoms with Gasteiger partial charge in [-0.25, -0.2) is 0 Å². The molecule has 66 heavy (non-hydrogen) atoms. The van der Waals surface area contributed by atoms with Gasteiger partial charge in [0.15, 0.2) is 0 Å². The molecule has 0 amide bonds. The quantitative estimate of drug-likeness (QED) is 0.0274.